The van der Waals surface area contributed by atoms with Crippen LogP contribution in [0.1, 0.15) is 20.3 Å². The average molecular weight is 234 g/mol. The van der Waals surface area contributed by atoms with E-state index >= 15 is 0 Å². The van der Waals surface area contributed by atoms with Crippen LogP contribution in [0.5, 0.6) is 0 Å². The quantitative estimate of drug-likeness (QED) is 0.640. The molecular weight excluding hydrogens is 220 g/mol. The molecule has 1 saturated heterocycles. The van der Waals surface area contributed by atoms with Gasteiger partial charge in [-0.25, -0.2) is 13.1 Å². The normalized spacial score (nSPS) is 22.9. The van der Waals surface area contributed by atoms with Gasteiger partial charge in [0.15, 0.2) is 0 Å². The van der Waals surface area contributed by atoms with Gasteiger partial charge in [0.25, 0.3) is 0 Å². The highest BCUT2D eigenvalue weighted by atomic mass is 32.2. The van der Waals surface area contributed by atoms with Crippen LogP contribution < -0.4 is 4.72 Å². The summed E-state index contributed by atoms with van der Waals surface area (Å²) in [6.07, 6.45) is 0.868. The van der Waals surface area contributed by atoms with Crippen LogP contribution in [0.4, 0.5) is 0 Å². The van der Waals surface area contributed by atoms with Gasteiger partial charge in [0, 0.05) is 6.04 Å². The zero-order chi connectivity index (χ0) is 11.8. The predicted molar refractivity (Wildman–Crippen MR) is 53.4 cm³/mol. The van der Waals surface area contributed by atoms with E-state index in [0.29, 0.717) is 0 Å². The van der Waals surface area contributed by atoms with Crippen molar-refractivity contribution in [1.29, 1.82) is 0 Å². The molecule has 1 fully saturated rings. The molecule has 6 nitrogen and oxygen atoms in total. The summed E-state index contributed by atoms with van der Waals surface area (Å²) in [5.74, 6) is -0.809. The van der Waals surface area contributed by atoms with Crippen LogP contribution in [0.3, 0.4) is 0 Å². The van der Waals surface area contributed by atoms with Gasteiger partial charge >= 0.3 is 0 Å². The Labute approximate surface area is 88.7 Å². The molecular formula is C8H14N2O4S. The Morgan fingerprint density at radius 3 is 2.27 bits per heavy atom. The number of likely N-dealkylation sites (tertiary alicyclic amines) is 1. The molecule has 1 heterocycles. The molecule has 1 atom stereocenters. The molecule has 1 unspecified atom stereocenters. The van der Waals surface area contributed by atoms with Crippen LogP contribution in [-0.2, 0) is 19.6 Å². The summed E-state index contributed by atoms with van der Waals surface area (Å²) in [6, 6.07) is -1.17. The molecule has 0 bridgehead atoms. The highest BCUT2D eigenvalue weighted by molar-refractivity contribution is 7.88. The fraction of sp³-hybridized carbons (Fsp3) is 0.750. The third-order valence-corrected chi connectivity index (χ3v) is 2.77. The summed E-state index contributed by atoms with van der Waals surface area (Å²) in [5.41, 5.74) is 0. The summed E-state index contributed by atoms with van der Waals surface area (Å²) < 4.78 is 24.0. The van der Waals surface area contributed by atoms with Crippen molar-refractivity contribution < 1.29 is 18.0 Å². The number of rotatable bonds is 3. The van der Waals surface area contributed by atoms with Crippen LogP contribution in [0.15, 0.2) is 0 Å². The Hall–Kier alpha value is -0.950. The van der Waals surface area contributed by atoms with Gasteiger partial charge in [-0.3, -0.25) is 14.5 Å². The summed E-state index contributed by atoms with van der Waals surface area (Å²) in [4.78, 5) is 24.1. The van der Waals surface area contributed by atoms with E-state index in [0.717, 1.165) is 11.2 Å². The largest absolute Gasteiger partial charge is 0.279 e. The van der Waals surface area contributed by atoms with Gasteiger partial charge in [-0.1, -0.05) is 0 Å². The molecule has 0 saturated carbocycles. The minimum absolute atomic E-state index is 0.0932. The molecule has 15 heavy (non-hydrogen) atoms. The van der Waals surface area contributed by atoms with Crippen molar-refractivity contribution in [2.45, 2.75) is 32.4 Å². The summed E-state index contributed by atoms with van der Waals surface area (Å²) in [6.45, 7) is 3.41. The second-order valence-corrected chi connectivity index (χ2v) is 5.62. The topological polar surface area (TPSA) is 83.6 Å². The summed E-state index contributed by atoms with van der Waals surface area (Å²) in [7, 11) is -3.46. The maximum atomic E-state index is 11.6. The second-order valence-electron chi connectivity index (χ2n) is 3.84. The van der Waals surface area contributed by atoms with Crippen molar-refractivity contribution in [1.82, 2.24) is 9.62 Å². The predicted octanol–water partition coefficient (Wildman–Crippen LogP) is -0.928. The number of imide groups is 1. The van der Waals surface area contributed by atoms with Crippen molar-refractivity contribution in [2.24, 2.45) is 0 Å². The number of carbonyl (C=O) groups excluding carboxylic acids is 2. The lowest BCUT2D eigenvalue weighted by Gasteiger charge is -2.18. The van der Waals surface area contributed by atoms with Gasteiger partial charge in [0.05, 0.1) is 12.7 Å². The Morgan fingerprint density at radius 2 is 1.93 bits per heavy atom. The summed E-state index contributed by atoms with van der Waals surface area (Å²) >= 11 is 0. The van der Waals surface area contributed by atoms with Crippen LogP contribution >= 0.6 is 0 Å². The van der Waals surface area contributed by atoms with Crippen LogP contribution in [-0.4, -0.2) is 43.5 Å². The van der Waals surface area contributed by atoms with Crippen molar-refractivity contribution in [2.75, 3.05) is 6.26 Å². The SMILES string of the molecule is CC(C)N1C(=O)CC(NS(C)(=O)=O)C1=O. The lowest BCUT2D eigenvalue weighted by Crippen LogP contribution is -2.43. The van der Waals surface area contributed by atoms with E-state index in [1.165, 1.54) is 0 Å². The fourth-order valence-electron chi connectivity index (χ4n) is 1.54. The molecule has 1 aliphatic heterocycles. The lowest BCUT2D eigenvalue weighted by atomic mass is 10.3. The van der Waals surface area contributed by atoms with Gasteiger partial charge in [0.1, 0.15) is 6.04 Å². The molecule has 0 aromatic heterocycles. The molecule has 1 N–H and O–H groups in total. The van der Waals surface area contributed by atoms with Gasteiger partial charge in [0.2, 0.25) is 21.8 Å². The third-order valence-electron chi connectivity index (χ3n) is 2.06. The highest BCUT2D eigenvalue weighted by Crippen LogP contribution is 2.16. The molecule has 2 amide bonds. The molecule has 86 valence electrons. The zero-order valence-electron chi connectivity index (χ0n) is 8.85. The maximum Gasteiger partial charge on any atom is 0.248 e. The number of hydrogen-bond acceptors (Lipinski definition) is 4. The first-order valence-corrected chi connectivity index (χ1v) is 6.44. The van der Waals surface area contributed by atoms with E-state index in [2.05, 4.69) is 4.72 Å². The van der Waals surface area contributed by atoms with Crippen LogP contribution in [0, 0.1) is 0 Å². The van der Waals surface area contributed by atoms with Crippen LogP contribution in [0.2, 0.25) is 0 Å². The maximum absolute atomic E-state index is 11.6. The standard InChI is InChI=1S/C8H14N2O4S/c1-5(2)10-7(11)4-6(8(10)12)9-15(3,13)14/h5-6,9H,4H2,1-3H3. The first-order chi connectivity index (χ1) is 6.72. The minimum atomic E-state index is -3.46. The van der Waals surface area contributed by atoms with Gasteiger partial charge < -0.3 is 0 Å². The summed E-state index contributed by atoms with van der Waals surface area (Å²) in [5, 5.41) is 0. The van der Waals surface area contributed by atoms with Gasteiger partial charge in [-0.15, -0.1) is 0 Å². The van der Waals surface area contributed by atoms with Crippen molar-refractivity contribution in [3.05, 3.63) is 0 Å². The Bertz CT molecular complexity index is 387. The molecule has 0 aromatic rings. The smallest absolute Gasteiger partial charge is 0.248 e. The number of nitrogens with zero attached hydrogens (tertiary/aromatic N) is 1. The molecule has 1 aliphatic rings. The zero-order valence-corrected chi connectivity index (χ0v) is 9.67. The third kappa shape index (κ3) is 2.75. The first-order valence-electron chi connectivity index (χ1n) is 4.55. The van der Waals surface area contributed by atoms with E-state index in [1.807, 2.05) is 0 Å². The first kappa shape index (κ1) is 12.1. The molecule has 1 rings (SSSR count). The Kier molecular flexibility index (Phi) is 3.15. The molecule has 0 aromatic carbocycles. The van der Waals surface area contributed by atoms with Crippen molar-refractivity contribution in [3.63, 3.8) is 0 Å². The van der Waals surface area contributed by atoms with Gasteiger partial charge in [-0.2, -0.15) is 0 Å². The molecule has 0 radical (unpaired) electrons. The van der Waals surface area contributed by atoms with Crippen LogP contribution in [0.25, 0.3) is 0 Å². The molecule has 0 aliphatic carbocycles. The number of carbonyl (C=O) groups is 2. The minimum Gasteiger partial charge on any atom is -0.279 e. The number of hydrogen-bond donors (Lipinski definition) is 1. The average Bonchev–Trinajstić information content (AvgIpc) is 2.23. The van der Waals surface area contributed by atoms with E-state index in [4.69, 9.17) is 0 Å². The Balaban J connectivity index is 2.83. The van der Waals surface area contributed by atoms with E-state index in [1.54, 1.807) is 13.8 Å². The van der Waals surface area contributed by atoms with E-state index in [-0.39, 0.29) is 18.4 Å². The highest BCUT2D eigenvalue weighted by Gasteiger charge is 2.40. The molecule has 0 spiro atoms. The van der Waals surface area contributed by atoms with Gasteiger partial charge in [-0.05, 0) is 13.8 Å². The second kappa shape index (κ2) is 3.90. The number of nitrogens with one attached hydrogen (secondary N) is 1. The lowest BCUT2D eigenvalue weighted by molar-refractivity contribution is -0.140. The fourth-order valence-corrected chi connectivity index (χ4v) is 2.25. The van der Waals surface area contributed by atoms with E-state index in [9.17, 15) is 18.0 Å². The monoisotopic (exact) mass is 234 g/mol. The number of amides is 2. The van der Waals surface area contributed by atoms with Crippen molar-refractivity contribution in [3.8, 4) is 0 Å². The number of sulfonamides is 1. The Morgan fingerprint density at radius 1 is 1.40 bits per heavy atom. The molecule has 7 heteroatoms. The van der Waals surface area contributed by atoms with Crippen molar-refractivity contribution >= 4 is 21.8 Å². The van der Waals surface area contributed by atoms with E-state index < -0.39 is 22.0 Å².